The van der Waals surface area contributed by atoms with Crippen LogP contribution in [0.15, 0.2) is 79.0 Å². The molecule has 0 fully saturated rings. The minimum atomic E-state index is -0.387. The Hall–Kier alpha value is -2.62. The van der Waals surface area contributed by atoms with Crippen LogP contribution in [-0.2, 0) is 13.0 Å². The lowest BCUT2D eigenvalue weighted by Gasteiger charge is -2.29. The summed E-state index contributed by atoms with van der Waals surface area (Å²) >= 11 is 6.10. The predicted molar refractivity (Wildman–Crippen MR) is 114 cm³/mol. The zero-order valence-electron chi connectivity index (χ0n) is 15.7. The zero-order chi connectivity index (χ0) is 19.5. The van der Waals surface area contributed by atoms with E-state index in [0.717, 1.165) is 24.0 Å². The third-order valence-electron chi connectivity index (χ3n) is 5.22. The Labute approximate surface area is 169 Å². The molecule has 0 aliphatic heterocycles. The smallest absolute Gasteiger partial charge is 0.141 e. The molecule has 1 aromatic heterocycles. The Balaban J connectivity index is 1.69. The Morgan fingerprint density at radius 1 is 1.00 bits per heavy atom. The van der Waals surface area contributed by atoms with Crippen molar-refractivity contribution < 1.29 is 4.39 Å². The number of hydrogen-bond acceptors (Lipinski definition) is 1. The van der Waals surface area contributed by atoms with E-state index in [1.54, 1.807) is 6.07 Å². The van der Waals surface area contributed by atoms with Gasteiger partial charge in [-0.25, -0.2) is 4.39 Å². The predicted octanol–water partition coefficient (Wildman–Crippen LogP) is 6.38. The number of aromatic amines is 1. The number of nitrogens with zero attached hydrogens (tertiary/aromatic N) is 1. The van der Waals surface area contributed by atoms with Gasteiger partial charge in [0.25, 0.3) is 0 Å². The summed E-state index contributed by atoms with van der Waals surface area (Å²) in [5.74, 6) is -0.387. The summed E-state index contributed by atoms with van der Waals surface area (Å²) < 4.78 is 13.7. The summed E-state index contributed by atoms with van der Waals surface area (Å²) in [6.45, 7) is 0.795. The molecule has 0 aliphatic carbocycles. The summed E-state index contributed by atoms with van der Waals surface area (Å²) in [6, 6.07) is 23.8. The van der Waals surface area contributed by atoms with Crippen molar-refractivity contribution in [1.29, 1.82) is 0 Å². The van der Waals surface area contributed by atoms with E-state index >= 15 is 0 Å². The molecule has 4 heteroatoms. The average Bonchev–Trinajstić information content (AvgIpc) is 3.12. The summed E-state index contributed by atoms with van der Waals surface area (Å²) in [5.41, 5.74) is 4.61. The third kappa shape index (κ3) is 3.96. The second-order valence-electron chi connectivity index (χ2n) is 7.15. The molecule has 142 valence electrons. The van der Waals surface area contributed by atoms with Crippen molar-refractivity contribution >= 4 is 22.5 Å². The van der Waals surface area contributed by atoms with E-state index < -0.39 is 0 Å². The average molecular weight is 393 g/mol. The minimum Gasteiger partial charge on any atom is -0.361 e. The second-order valence-corrected chi connectivity index (χ2v) is 7.56. The van der Waals surface area contributed by atoms with Gasteiger partial charge in [-0.3, -0.25) is 4.90 Å². The fraction of sp³-hybridized carbons (Fsp3) is 0.167. The Kier molecular flexibility index (Phi) is 5.47. The van der Waals surface area contributed by atoms with E-state index in [0.29, 0.717) is 0 Å². The molecule has 0 saturated carbocycles. The van der Waals surface area contributed by atoms with Gasteiger partial charge in [0.2, 0.25) is 0 Å². The molecule has 3 aromatic carbocycles. The van der Waals surface area contributed by atoms with E-state index in [-0.39, 0.29) is 16.9 Å². The van der Waals surface area contributed by atoms with Crippen LogP contribution in [0.25, 0.3) is 10.9 Å². The van der Waals surface area contributed by atoms with Crippen LogP contribution in [0.4, 0.5) is 4.39 Å². The van der Waals surface area contributed by atoms with Crippen LogP contribution >= 0.6 is 11.6 Å². The molecular formula is C24H22ClFN2. The molecule has 1 N–H and O–H groups in total. The highest BCUT2D eigenvalue weighted by atomic mass is 35.5. The van der Waals surface area contributed by atoms with Crippen molar-refractivity contribution in [3.63, 3.8) is 0 Å². The number of hydrogen-bond donors (Lipinski definition) is 1. The van der Waals surface area contributed by atoms with Crippen molar-refractivity contribution in [1.82, 2.24) is 9.88 Å². The van der Waals surface area contributed by atoms with Gasteiger partial charge in [0.15, 0.2) is 0 Å². The van der Waals surface area contributed by atoms with Crippen LogP contribution in [-0.4, -0.2) is 16.9 Å². The van der Waals surface area contributed by atoms with Crippen LogP contribution in [0.3, 0.4) is 0 Å². The van der Waals surface area contributed by atoms with E-state index in [1.807, 2.05) is 30.3 Å². The topological polar surface area (TPSA) is 19.0 Å². The first kappa shape index (κ1) is 18.7. The number of fused-ring (bicyclic) bond motifs is 1. The highest BCUT2D eigenvalue weighted by Crippen LogP contribution is 2.31. The summed E-state index contributed by atoms with van der Waals surface area (Å²) in [5, 5.41) is 1.38. The number of para-hydroxylation sites is 1. The number of benzene rings is 3. The standard InChI is InChI=1S/C24H22ClFN2/c1-28(16-17-7-3-2-4-8-17)24(18-11-12-22(26)21(25)13-18)14-19-15-27-23-10-6-5-9-20(19)23/h2-13,15,24,27H,14,16H2,1H3. The SMILES string of the molecule is CN(Cc1ccccc1)C(Cc1c[nH]c2ccccc12)c1ccc(F)c(Cl)c1. The fourth-order valence-electron chi connectivity index (χ4n) is 3.74. The lowest BCUT2D eigenvalue weighted by molar-refractivity contribution is 0.235. The molecular weight excluding hydrogens is 371 g/mol. The first-order valence-electron chi connectivity index (χ1n) is 9.36. The van der Waals surface area contributed by atoms with Crippen molar-refractivity contribution in [2.24, 2.45) is 0 Å². The largest absolute Gasteiger partial charge is 0.361 e. The van der Waals surface area contributed by atoms with Crippen LogP contribution in [0.2, 0.25) is 5.02 Å². The summed E-state index contributed by atoms with van der Waals surface area (Å²) in [6.07, 6.45) is 2.87. The van der Waals surface area contributed by atoms with Crippen molar-refractivity contribution in [3.8, 4) is 0 Å². The van der Waals surface area contributed by atoms with Gasteiger partial charge in [0.1, 0.15) is 5.82 Å². The van der Waals surface area contributed by atoms with Gasteiger partial charge in [0, 0.05) is 29.7 Å². The monoisotopic (exact) mass is 392 g/mol. The third-order valence-corrected chi connectivity index (χ3v) is 5.51. The fourth-order valence-corrected chi connectivity index (χ4v) is 3.93. The molecule has 1 atom stereocenters. The van der Waals surface area contributed by atoms with E-state index in [9.17, 15) is 4.39 Å². The molecule has 1 heterocycles. The van der Waals surface area contributed by atoms with Gasteiger partial charge in [-0.15, -0.1) is 0 Å². The number of halogens is 2. The summed E-state index contributed by atoms with van der Waals surface area (Å²) in [7, 11) is 2.10. The van der Waals surface area contributed by atoms with E-state index in [4.69, 9.17) is 11.6 Å². The lowest BCUT2D eigenvalue weighted by Crippen LogP contribution is -2.26. The molecule has 0 bridgehead atoms. The van der Waals surface area contributed by atoms with Crippen LogP contribution in [0.5, 0.6) is 0 Å². The normalized spacial score (nSPS) is 12.6. The quantitative estimate of drug-likeness (QED) is 0.403. The molecule has 0 amide bonds. The van der Waals surface area contributed by atoms with Crippen LogP contribution in [0, 0.1) is 5.82 Å². The van der Waals surface area contributed by atoms with Crippen molar-refractivity contribution in [2.45, 2.75) is 19.0 Å². The highest BCUT2D eigenvalue weighted by Gasteiger charge is 2.21. The number of H-pyrrole nitrogens is 1. The number of aromatic nitrogens is 1. The molecule has 0 aliphatic rings. The Bertz CT molecular complexity index is 1070. The maximum atomic E-state index is 13.7. The summed E-state index contributed by atoms with van der Waals surface area (Å²) in [4.78, 5) is 5.64. The van der Waals surface area contributed by atoms with Crippen LogP contribution < -0.4 is 0 Å². The first-order valence-corrected chi connectivity index (χ1v) is 9.74. The van der Waals surface area contributed by atoms with Gasteiger partial charge in [-0.1, -0.05) is 66.2 Å². The zero-order valence-corrected chi connectivity index (χ0v) is 16.5. The highest BCUT2D eigenvalue weighted by molar-refractivity contribution is 6.30. The molecule has 0 saturated heterocycles. The molecule has 28 heavy (non-hydrogen) atoms. The van der Waals surface area contributed by atoms with Gasteiger partial charge in [0.05, 0.1) is 5.02 Å². The van der Waals surface area contributed by atoms with Crippen molar-refractivity contribution in [2.75, 3.05) is 7.05 Å². The second kappa shape index (κ2) is 8.17. The van der Waals surface area contributed by atoms with Gasteiger partial charge in [-0.2, -0.15) is 0 Å². The maximum absolute atomic E-state index is 13.7. The molecule has 1 unspecified atom stereocenters. The van der Waals surface area contributed by atoms with Crippen molar-refractivity contribution in [3.05, 3.63) is 107 Å². The first-order chi connectivity index (χ1) is 13.6. The number of rotatable bonds is 6. The molecule has 0 spiro atoms. The van der Waals surface area contributed by atoms with Gasteiger partial charge in [-0.05, 0) is 48.4 Å². The Morgan fingerprint density at radius 3 is 2.54 bits per heavy atom. The Morgan fingerprint density at radius 2 is 1.75 bits per heavy atom. The molecule has 4 aromatic rings. The molecule has 0 radical (unpaired) electrons. The molecule has 4 rings (SSSR count). The van der Waals surface area contributed by atoms with E-state index in [2.05, 4.69) is 53.5 Å². The lowest BCUT2D eigenvalue weighted by atomic mass is 9.96. The minimum absolute atomic E-state index is 0.0671. The molecule has 2 nitrogen and oxygen atoms in total. The number of likely N-dealkylation sites (N-methyl/N-ethyl adjacent to an activating group) is 1. The maximum Gasteiger partial charge on any atom is 0.141 e. The number of nitrogens with one attached hydrogen (secondary N) is 1. The van der Waals surface area contributed by atoms with Gasteiger partial charge >= 0.3 is 0 Å². The van der Waals surface area contributed by atoms with E-state index in [1.165, 1.54) is 22.6 Å². The van der Waals surface area contributed by atoms with Crippen LogP contribution in [0.1, 0.15) is 22.7 Å². The van der Waals surface area contributed by atoms with Gasteiger partial charge < -0.3 is 4.98 Å².